The van der Waals surface area contributed by atoms with Crippen molar-refractivity contribution in [2.45, 2.75) is 32.0 Å². The first kappa shape index (κ1) is 22.9. The predicted molar refractivity (Wildman–Crippen MR) is 118 cm³/mol. The van der Waals surface area contributed by atoms with Crippen molar-refractivity contribution in [1.82, 2.24) is 4.90 Å². The molecule has 0 aliphatic carbocycles. The van der Waals surface area contributed by atoms with Crippen LogP contribution in [0.15, 0.2) is 48.5 Å². The fraction of sp³-hybridized carbons (Fsp3) is 0.455. The van der Waals surface area contributed by atoms with Crippen LogP contribution in [-0.4, -0.2) is 61.8 Å². The van der Waals surface area contributed by atoms with E-state index in [4.69, 9.17) is 21.1 Å². The summed E-state index contributed by atoms with van der Waals surface area (Å²) in [7, 11) is -3.03. The van der Waals surface area contributed by atoms with Gasteiger partial charge in [0.1, 0.15) is 24.2 Å². The van der Waals surface area contributed by atoms with Gasteiger partial charge in [-0.15, -0.1) is 0 Å². The minimum Gasteiger partial charge on any atom is -0.494 e. The summed E-state index contributed by atoms with van der Waals surface area (Å²) in [6, 6.07) is 14.6. The maximum Gasteiger partial charge on any atom is 0.151 e. The van der Waals surface area contributed by atoms with Crippen LogP contribution in [0.5, 0.6) is 11.5 Å². The highest BCUT2D eigenvalue weighted by atomic mass is 35.5. The van der Waals surface area contributed by atoms with Crippen LogP contribution in [-0.2, 0) is 16.4 Å². The summed E-state index contributed by atoms with van der Waals surface area (Å²) in [5.74, 6) is 1.73. The lowest BCUT2D eigenvalue weighted by Crippen LogP contribution is -2.42. The van der Waals surface area contributed by atoms with Gasteiger partial charge < -0.3 is 14.6 Å². The Morgan fingerprint density at radius 2 is 1.73 bits per heavy atom. The number of hydrogen-bond acceptors (Lipinski definition) is 6. The zero-order chi connectivity index (χ0) is 21.6. The summed E-state index contributed by atoms with van der Waals surface area (Å²) < 4.78 is 35.1. The molecular formula is C22H28ClNO5S. The molecule has 1 aliphatic heterocycles. The topological polar surface area (TPSA) is 76.1 Å². The third-order valence-corrected chi connectivity index (χ3v) is 7.05. The van der Waals surface area contributed by atoms with Crippen LogP contribution in [0.25, 0.3) is 0 Å². The van der Waals surface area contributed by atoms with Crippen LogP contribution >= 0.6 is 11.6 Å². The van der Waals surface area contributed by atoms with Crippen molar-refractivity contribution in [1.29, 1.82) is 0 Å². The van der Waals surface area contributed by atoms with Gasteiger partial charge in [0.25, 0.3) is 0 Å². The summed E-state index contributed by atoms with van der Waals surface area (Å²) >= 11 is 5.87. The molecule has 164 valence electrons. The molecule has 30 heavy (non-hydrogen) atoms. The Kier molecular flexibility index (Phi) is 7.99. The molecule has 1 N–H and O–H groups in total. The Morgan fingerprint density at radius 1 is 1.10 bits per heavy atom. The van der Waals surface area contributed by atoms with Crippen LogP contribution in [0.2, 0.25) is 5.02 Å². The highest BCUT2D eigenvalue weighted by Gasteiger charge is 2.33. The molecule has 2 aromatic carbocycles. The minimum atomic E-state index is -3.03. The number of aliphatic hydroxyl groups excluding tert-OH is 1. The van der Waals surface area contributed by atoms with E-state index in [0.29, 0.717) is 36.9 Å². The highest BCUT2D eigenvalue weighted by molar-refractivity contribution is 7.91. The lowest BCUT2D eigenvalue weighted by atomic mass is 10.1. The van der Waals surface area contributed by atoms with Crippen LogP contribution in [0, 0.1) is 0 Å². The molecule has 3 rings (SSSR count). The molecule has 0 unspecified atom stereocenters. The number of aliphatic hydroxyl groups is 1. The Bertz CT molecular complexity index is 902. The molecule has 1 fully saturated rings. The van der Waals surface area contributed by atoms with Gasteiger partial charge in [-0.1, -0.05) is 23.7 Å². The summed E-state index contributed by atoms with van der Waals surface area (Å²) in [4.78, 5) is 2.04. The third-order valence-electron chi connectivity index (χ3n) is 5.05. The Balaban J connectivity index is 1.63. The molecule has 0 amide bonds. The fourth-order valence-electron chi connectivity index (χ4n) is 3.54. The van der Waals surface area contributed by atoms with Crippen molar-refractivity contribution in [3.63, 3.8) is 0 Å². The molecule has 0 radical (unpaired) electrons. The molecule has 1 saturated heterocycles. The van der Waals surface area contributed by atoms with Gasteiger partial charge in [0.15, 0.2) is 9.84 Å². The number of halogens is 1. The number of nitrogens with zero attached hydrogens (tertiary/aromatic N) is 1. The van der Waals surface area contributed by atoms with E-state index in [9.17, 15) is 13.5 Å². The van der Waals surface area contributed by atoms with Crippen LogP contribution in [0.3, 0.4) is 0 Å². The second-order valence-corrected chi connectivity index (χ2v) is 10.1. The van der Waals surface area contributed by atoms with Gasteiger partial charge in [-0.25, -0.2) is 8.42 Å². The van der Waals surface area contributed by atoms with Crippen LogP contribution in [0.4, 0.5) is 0 Å². The van der Waals surface area contributed by atoms with Crippen molar-refractivity contribution in [2.24, 2.45) is 0 Å². The molecule has 6 nitrogen and oxygen atoms in total. The standard InChI is InChI=1S/C22H28ClNO5S/c1-2-28-21-7-3-17(4-8-21)13-24(19-11-12-30(26,27)16-19)14-20(25)15-29-22-9-5-18(23)6-10-22/h3-10,19-20,25H,2,11-16H2,1H3/t19-,20-/m1/s1. The molecule has 2 atom stereocenters. The minimum absolute atomic E-state index is 0.112. The Hall–Kier alpha value is -1.80. The largest absolute Gasteiger partial charge is 0.494 e. The van der Waals surface area contributed by atoms with Crippen molar-refractivity contribution < 1.29 is 23.0 Å². The van der Waals surface area contributed by atoms with E-state index in [-0.39, 0.29) is 24.2 Å². The monoisotopic (exact) mass is 453 g/mol. The molecule has 0 bridgehead atoms. The second-order valence-electron chi connectivity index (χ2n) is 7.48. The average molecular weight is 454 g/mol. The number of benzene rings is 2. The maximum absolute atomic E-state index is 12.0. The number of sulfone groups is 1. The maximum atomic E-state index is 12.0. The van der Waals surface area contributed by atoms with E-state index in [2.05, 4.69) is 0 Å². The molecule has 1 aliphatic rings. The van der Waals surface area contributed by atoms with Crippen molar-refractivity contribution >= 4 is 21.4 Å². The summed E-state index contributed by atoms with van der Waals surface area (Å²) in [6.45, 7) is 3.52. The predicted octanol–water partition coefficient (Wildman–Crippen LogP) is 3.17. The van der Waals surface area contributed by atoms with Gasteiger partial charge in [-0.05, 0) is 55.3 Å². The number of rotatable bonds is 10. The first-order valence-electron chi connectivity index (χ1n) is 10.1. The van der Waals surface area contributed by atoms with E-state index in [0.717, 1.165) is 11.3 Å². The van der Waals surface area contributed by atoms with E-state index in [1.54, 1.807) is 24.3 Å². The SMILES string of the molecule is CCOc1ccc(CN(C[C@@H](O)COc2ccc(Cl)cc2)[C@@H]2CCS(=O)(=O)C2)cc1. The second kappa shape index (κ2) is 10.5. The lowest BCUT2D eigenvalue weighted by molar-refractivity contribution is 0.0524. The Labute approximate surface area is 183 Å². The molecule has 2 aromatic rings. The van der Waals surface area contributed by atoms with Gasteiger partial charge in [0.2, 0.25) is 0 Å². The fourth-order valence-corrected chi connectivity index (χ4v) is 5.43. The molecule has 0 saturated carbocycles. The molecule has 0 spiro atoms. The van der Waals surface area contributed by atoms with Gasteiger partial charge >= 0.3 is 0 Å². The summed E-state index contributed by atoms with van der Waals surface area (Å²) in [5.41, 5.74) is 1.04. The van der Waals surface area contributed by atoms with Crippen LogP contribution in [0.1, 0.15) is 18.9 Å². The van der Waals surface area contributed by atoms with E-state index in [1.165, 1.54) is 0 Å². The summed E-state index contributed by atoms with van der Waals surface area (Å²) in [6.07, 6.45) is -0.184. The van der Waals surface area contributed by atoms with E-state index in [1.807, 2.05) is 36.1 Å². The zero-order valence-corrected chi connectivity index (χ0v) is 18.6. The van der Waals surface area contributed by atoms with Gasteiger partial charge in [0.05, 0.1) is 18.1 Å². The van der Waals surface area contributed by atoms with Crippen LogP contribution < -0.4 is 9.47 Å². The molecule has 0 aromatic heterocycles. The number of ether oxygens (including phenoxy) is 2. The summed E-state index contributed by atoms with van der Waals surface area (Å²) in [5, 5.41) is 11.2. The normalized spacial score (nSPS) is 19.0. The van der Waals surface area contributed by atoms with Crippen molar-refractivity contribution in [3.8, 4) is 11.5 Å². The molecular weight excluding hydrogens is 426 g/mol. The number of hydrogen-bond donors (Lipinski definition) is 1. The highest BCUT2D eigenvalue weighted by Crippen LogP contribution is 2.22. The van der Waals surface area contributed by atoms with Crippen molar-refractivity contribution in [3.05, 3.63) is 59.1 Å². The third kappa shape index (κ3) is 6.87. The molecule has 1 heterocycles. The van der Waals surface area contributed by atoms with E-state index >= 15 is 0 Å². The first-order chi connectivity index (χ1) is 14.3. The van der Waals surface area contributed by atoms with E-state index < -0.39 is 15.9 Å². The van der Waals surface area contributed by atoms with Gasteiger partial charge in [0, 0.05) is 24.2 Å². The van der Waals surface area contributed by atoms with Gasteiger partial charge in [-0.3, -0.25) is 4.90 Å². The van der Waals surface area contributed by atoms with Crippen molar-refractivity contribution in [2.75, 3.05) is 31.3 Å². The lowest BCUT2D eigenvalue weighted by Gasteiger charge is -2.30. The zero-order valence-electron chi connectivity index (χ0n) is 17.0. The Morgan fingerprint density at radius 3 is 2.33 bits per heavy atom. The smallest absolute Gasteiger partial charge is 0.151 e. The first-order valence-corrected chi connectivity index (χ1v) is 12.3. The molecule has 8 heteroatoms. The average Bonchev–Trinajstić information content (AvgIpc) is 3.08. The van der Waals surface area contributed by atoms with Gasteiger partial charge in [-0.2, -0.15) is 0 Å². The quantitative estimate of drug-likeness (QED) is 0.595.